The van der Waals surface area contributed by atoms with Gasteiger partial charge in [0.2, 0.25) is 0 Å². The molecule has 156 valence electrons. The third-order valence-corrected chi connectivity index (χ3v) is 6.03. The second kappa shape index (κ2) is 7.54. The van der Waals surface area contributed by atoms with Crippen LogP contribution in [0.2, 0.25) is 0 Å². The van der Waals surface area contributed by atoms with Crippen molar-refractivity contribution in [3.8, 4) is 22.6 Å². The van der Waals surface area contributed by atoms with Crippen molar-refractivity contribution in [1.29, 1.82) is 0 Å². The van der Waals surface area contributed by atoms with Crippen LogP contribution in [0.4, 0.5) is 0 Å². The lowest BCUT2D eigenvalue weighted by Gasteiger charge is -2.25. The van der Waals surface area contributed by atoms with Crippen LogP contribution in [-0.2, 0) is 6.42 Å². The maximum Gasteiger partial charge on any atom is 0.166 e. The Balaban J connectivity index is 1.64. The highest BCUT2D eigenvalue weighted by Gasteiger charge is 2.31. The summed E-state index contributed by atoms with van der Waals surface area (Å²) in [6.45, 7) is 1.98. The van der Waals surface area contributed by atoms with Crippen molar-refractivity contribution in [2.24, 2.45) is 0 Å². The van der Waals surface area contributed by atoms with E-state index in [1.807, 2.05) is 47.8 Å². The number of aryl methyl sites for hydroxylation is 1. The molecule has 1 aliphatic carbocycles. The fourth-order valence-electron chi connectivity index (χ4n) is 4.52. The monoisotopic (exact) mass is 413 g/mol. The first kappa shape index (κ1) is 19.3. The van der Waals surface area contributed by atoms with Gasteiger partial charge in [-0.2, -0.15) is 5.10 Å². The molecule has 0 N–H and O–H groups in total. The Morgan fingerprint density at radius 1 is 1.03 bits per heavy atom. The number of hydrogen-bond acceptors (Lipinski definition) is 5. The number of hydrogen-bond donors (Lipinski definition) is 0. The topological polar surface area (TPSA) is 65.7 Å². The Kier molecular flexibility index (Phi) is 4.70. The predicted molar refractivity (Wildman–Crippen MR) is 118 cm³/mol. The van der Waals surface area contributed by atoms with E-state index < -0.39 is 0 Å². The zero-order valence-electron chi connectivity index (χ0n) is 17.8. The summed E-state index contributed by atoms with van der Waals surface area (Å²) in [6.07, 6.45) is 2.80. The van der Waals surface area contributed by atoms with Gasteiger partial charge in [0, 0.05) is 30.2 Å². The second-order valence-corrected chi connectivity index (χ2v) is 7.82. The Hall–Kier alpha value is -3.67. The molecule has 1 atom stereocenters. The summed E-state index contributed by atoms with van der Waals surface area (Å²) in [4.78, 5) is 17.7. The van der Waals surface area contributed by atoms with E-state index in [0.29, 0.717) is 18.4 Å². The van der Waals surface area contributed by atoms with E-state index in [1.165, 1.54) is 0 Å². The highest BCUT2D eigenvalue weighted by molar-refractivity contribution is 5.99. The molecule has 2 aromatic heterocycles. The molecular weight excluding hydrogens is 390 g/mol. The third-order valence-electron chi connectivity index (χ3n) is 6.03. The van der Waals surface area contributed by atoms with Crippen LogP contribution in [0.25, 0.3) is 16.8 Å². The molecule has 1 aliphatic rings. The van der Waals surface area contributed by atoms with Gasteiger partial charge in [0.15, 0.2) is 11.4 Å². The van der Waals surface area contributed by atoms with Crippen LogP contribution < -0.4 is 9.47 Å². The molecule has 2 heterocycles. The maximum absolute atomic E-state index is 13.1. The molecule has 1 unspecified atom stereocenters. The summed E-state index contributed by atoms with van der Waals surface area (Å²) in [5.41, 5.74) is 6.28. The highest BCUT2D eigenvalue weighted by atomic mass is 16.5. The second-order valence-electron chi connectivity index (χ2n) is 7.82. The van der Waals surface area contributed by atoms with Crippen LogP contribution in [0.1, 0.15) is 39.6 Å². The van der Waals surface area contributed by atoms with E-state index in [9.17, 15) is 4.79 Å². The van der Waals surface area contributed by atoms with Crippen LogP contribution in [0.15, 0.2) is 54.7 Å². The van der Waals surface area contributed by atoms with Gasteiger partial charge < -0.3 is 9.47 Å². The molecule has 0 spiro atoms. The van der Waals surface area contributed by atoms with Gasteiger partial charge >= 0.3 is 0 Å². The number of nitrogens with zero attached hydrogens (tertiary/aromatic N) is 3. The maximum atomic E-state index is 13.1. The van der Waals surface area contributed by atoms with Crippen molar-refractivity contribution >= 4 is 11.4 Å². The normalized spacial score (nSPS) is 15.7. The van der Waals surface area contributed by atoms with Gasteiger partial charge in [0.05, 0.1) is 31.2 Å². The first-order valence-electron chi connectivity index (χ1n) is 10.3. The van der Waals surface area contributed by atoms with Gasteiger partial charge in [0.25, 0.3) is 0 Å². The fraction of sp³-hybridized carbons (Fsp3) is 0.240. The summed E-state index contributed by atoms with van der Waals surface area (Å²) in [5, 5.41) is 4.79. The molecule has 0 amide bonds. The minimum atomic E-state index is -0.00358. The average molecular weight is 413 g/mol. The van der Waals surface area contributed by atoms with Crippen molar-refractivity contribution in [3.63, 3.8) is 0 Å². The number of Topliss-reactive ketones (excluding diaryl/α,β-unsaturated/α-hetero) is 1. The number of carbonyl (C=O) groups excluding carboxylic acids is 1. The number of methoxy groups -OCH3 is 2. The van der Waals surface area contributed by atoms with Crippen LogP contribution in [0, 0.1) is 6.92 Å². The van der Waals surface area contributed by atoms with Gasteiger partial charge in [-0.25, -0.2) is 9.50 Å². The molecule has 0 saturated heterocycles. The number of carbonyl (C=O) groups is 1. The lowest BCUT2D eigenvalue weighted by molar-refractivity contribution is 0.0961. The van der Waals surface area contributed by atoms with E-state index in [4.69, 9.17) is 14.6 Å². The molecule has 0 aliphatic heterocycles. The third kappa shape index (κ3) is 3.15. The van der Waals surface area contributed by atoms with Crippen molar-refractivity contribution in [2.45, 2.75) is 25.7 Å². The number of ether oxygens (including phenoxy) is 2. The minimum absolute atomic E-state index is 0.00358. The Bertz CT molecular complexity index is 1290. The lowest BCUT2D eigenvalue weighted by atomic mass is 9.81. The molecule has 0 saturated carbocycles. The van der Waals surface area contributed by atoms with E-state index in [0.717, 1.165) is 45.2 Å². The van der Waals surface area contributed by atoms with Crippen LogP contribution in [0.5, 0.6) is 11.5 Å². The van der Waals surface area contributed by atoms with Crippen molar-refractivity contribution in [2.75, 3.05) is 14.2 Å². The number of rotatable bonds is 4. The summed E-state index contributed by atoms with van der Waals surface area (Å²) in [5.74, 6) is 1.53. The highest BCUT2D eigenvalue weighted by Crippen LogP contribution is 2.39. The molecule has 6 nitrogen and oxygen atoms in total. The summed E-state index contributed by atoms with van der Waals surface area (Å²) >= 11 is 0. The van der Waals surface area contributed by atoms with Gasteiger partial charge in [-0.15, -0.1) is 0 Å². The predicted octanol–water partition coefficient (Wildman–Crippen LogP) is 4.63. The minimum Gasteiger partial charge on any atom is -0.497 e. The van der Waals surface area contributed by atoms with Gasteiger partial charge in [-0.1, -0.05) is 36.4 Å². The SMILES string of the molecule is COc1ccc(C2CC(=O)c3cnc4c(-c5ccccc5)c(C)nn4c3C2)c(OC)c1. The number of benzene rings is 2. The van der Waals surface area contributed by atoms with E-state index in [-0.39, 0.29) is 11.7 Å². The van der Waals surface area contributed by atoms with E-state index >= 15 is 0 Å². The van der Waals surface area contributed by atoms with Crippen LogP contribution >= 0.6 is 0 Å². The van der Waals surface area contributed by atoms with Crippen molar-refractivity contribution in [3.05, 3.63) is 77.2 Å². The molecule has 31 heavy (non-hydrogen) atoms. The zero-order valence-corrected chi connectivity index (χ0v) is 17.8. The van der Waals surface area contributed by atoms with Gasteiger partial charge in [0.1, 0.15) is 11.5 Å². The Labute approximate surface area is 180 Å². The summed E-state index contributed by atoms with van der Waals surface area (Å²) < 4.78 is 12.8. The molecule has 5 rings (SSSR count). The fourth-order valence-corrected chi connectivity index (χ4v) is 4.52. The molecule has 2 aromatic carbocycles. The molecule has 0 fully saturated rings. The largest absolute Gasteiger partial charge is 0.497 e. The van der Waals surface area contributed by atoms with Gasteiger partial charge in [-0.05, 0) is 30.5 Å². The molecule has 0 bridgehead atoms. The smallest absolute Gasteiger partial charge is 0.166 e. The van der Waals surface area contributed by atoms with Crippen molar-refractivity contribution in [1.82, 2.24) is 14.6 Å². The van der Waals surface area contributed by atoms with Crippen molar-refractivity contribution < 1.29 is 14.3 Å². The number of aromatic nitrogens is 3. The van der Waals surface area contributed by atoms with Crippen LogP contribution in [-0.4, -0.2) is 34.6 Å². The molecular formula is C25H23N3O3. The first-order chi connectivity index (χ1) is 15.1. The lowest BCUT2D eigenvalue weighted by Crippen LogP contribution is -2.23. The van der Waals surface area contributed by atoms with E-state index in [1.54, 1.807) is 20.4 Å². The molecule has 4 aromatic rings. The Morgan fingerprint density at radius 3 is 2.58 bits per heavy atom. The molecule has 0 radical (unpaired) electrons. The summed E-state index contributed by atoms with van der Waals surface area (Å²) in [6, 6.07) is 15.9. The first-order valence-corrected chi connectivity index (χ1v) is 10.3. The average Bonchev–Trinajstić information content (AvgIpc) is 3.15. The van der Waals surface area contributed by atoms with E-state index in [2.05, 4.69) is 17.1 Å². The quantitative estimate of drug-likeness (QED) is 0.488. The Morgan fingerprint density at radius 2 is 1.84 bits per heavy atom. The molecule has 6 heteroatoms. The summed E-state index contributed by atoms with van der Waals surface area (Å²) in [7, 11) is 3.27. The number of ketones is 1. The zero-order chi connectivity index (χ0) is 21.5. The van der Waals surface area contributed by atoms with Gasteiger partial charge in [-0.3, -0.25) is 4.79 Å². The number of fused-ring (bicyclic) bond motifs is 3. The van der Waals surface area contributed by atoms with Crippen LogP contribution in [0.3, 0.4) is 0 Å². The standard InChI is InChI=1S/C25H23N3O3/c1-15-24(16-7-5-4-6-8-16)25-26-14-20-21(28(25)27-15)11-17(12-22(20)29)19-10-9-18(30-2)13-23(19)31-3/h4-10,13-14,17H,11-12H2,1-3H3.